The van der Waals surface area contributed by atoms with E-state index in [1.165, 1.54) is 23.3 Å². The van der Waals surface area contributed by atoms with Crippen LogP contribution in [0.3, 0.4) is 0 Å². The van der Waals surface area contributed by atoms with Gasteiger partial charge in [-0.25, -0.2) is 0 Å². The Hall–Kier alpha value is -1.36. The van der Waals surface area contributed by atoms with Gasteiger partial charge in [-0.15, -0.1) is 11.3 Å². The Morgan fingerprint density at radius 2 is 2.30 bits per heavy atom. The molecular weight excluding hydrogens is 272 g/mol. The van der Waals surface area contributed by atoms with Gasteiger partial charge in [0.05, 0.1) is 4.88 Å². The molecule has 0 fully saturated rings. The third-order valence-electron chi connectivity index (χ3n) is 3.87. The van der Waals surface area contributed by atoms with Gasteiger partial charge in [0.15, 0.2) is 0 Å². The van der Waals surface area contributed by atoms with Crippen molar-refractivity contribution in [3.05, 3.63) is 21.4 Å². The lowest BCUT2D eigenvalue weighted by Crippen LogP contribution is -2.24. The number of fused-ring (bicyclic) bond motifs is 1. The molecule has 1 atom stereocenters. The minimum absolute atomic E-state index is 0.0260. The van der Waals surface area contributed by atoms with Crippen LogP contribution < -0.4 is 11.1 Å². The maximum Gasteiger partial charge on any atom is 0.261 e. The van der Waals surface area contributed by atoms with E-state index in [0.717, 1.165) is 23.6 Å². The van der Waals surface area contributed by atoms with Crippen molar-refractivity contribution in [1.29, 1.82) is 0 Å². The van der Waals surface area contributed by atoms with E-state index in [2.05, 4.69) is 12.2 Å². The number of rotatable bonds is 6. The summed E-state index contributed by atoms with van der Waals surface area (Å²) in [6, 6.07) is 2.05. The highest BCUT2D eigenvalue weighted by Crippen LogP contribution is 2.33. The second-order valence-corrected chi connectivity index (χ2v) is 6.54. The van der Waals surface area contributed by atoms with Gasteiger partial charge in [-0.3, -0.25) is 9.59 Å². The number of hydrogen-bond donors (Lipinski definition) is 2. The van der Waals surface area contributed by atoms with E-state index >= 15 is 0 Å². The molecule has 5 heteroatoms. The highest BCUT2D eigenvalue weighted by atomic mass is 32.1. The highest BCUT2D eigenvalue weighted by molar-refractivity contribution is 7.14. The van der Waals surface area contributed by atoms with Crippen molar-refractivity contribution in [3.8, 4) is 0 Å². The molecule has 110 valence electrons. The molecule has 0 spiro atoms. The van der Waals surface area contributed by atoms with Gasteiger partial charge in [0.1, 0.15) is 0 Å². The summed E-state index contributed by atoms with van der Waals surface area (Å²) < 4.78 is 0. The standard InChI is InChI=1S/C15H22N2O2S/c1-2-10-5-6-12-11(8-10)9-13(20-12)15(19)17-7-3-4-14(16)18/h9-10H,2-8H2,1H3,(H2,16,18)(H,17,19)/t10-/m1/s1. The molecule has 1 aliphatic rings. The summed E-state index contributed by atoms with van der Waals surface area (Å²) >= 11 is 1.62. The van der Waals surface area contributed by atoms with Crippen molar-refractivity contribution in [2.75, 3.05) is 6.54 Å². The summed E-state index contributed by atoms with van der Waals surface area (Å²) in [6.07, 6.45) is 5.59. The summed E-state index contributed by atoms with van der Waals surface area (Å²) in [5, 5.41) is 2.85. The Labute approximate surface area is 123 Å². The van der Waals surface area contributed by atoms with Crippen LogP contribution in [-0.4, -0.2) is 18.4 Å². The van der Waals surface area contributed by atoms with Crippen LogP contribution in [0.4, 0.5) is 0 Å². The van der Waals surface area contributed by atoms with E-state index in [-0.39, 0.29) is 11.8 Å². The van der Waals surface area contributed by atoms with Gasteiger partial charge >= 0.3 is 0 Å². The maximum absolute atomic E-state index is 12.0. The number of aryl methyl sites for hydroxylation is 1. The molecule has 0 unspecified atom stereocenters. The van der Waals surface area contributed by atoms with Crippen molar-refractivity contribution in [2.45, 2.75) is 45.4 Å². The van der Waals surface area contributed by atoms with Crippen LogP contribution >= 0.6 is 11.3 Å². The number of amides is 2. The summed E-state index contributed by atoms with van der Waals surface area (Å²) in [5.74, 6) is 0.418. The van der Waals surface area contributed by atoms with Crippen LogP contribution in [0.1, 0.15) is 52.7 Å². The van der Waals surface area contributed by atoms with Crippen molar-refractivity contribution < 1.29 is 9.59 Å². The van der Waals surface area contributed by atoms with Crippen molar-refractivity contribution in [1.82, 2.24) is 5.32 Å². The third kappa shape index (κ3) is 3.82. The SMILES string of the molecule is CC[C@@H]1CCc2sc(C(=O)NCCCC(N)=O)cc2C1. The van der Waals surface area contributed by atoms with Gasteiger partial charge in [0.25, 0.3) is 5.91 Å². The first kappa shape index (κ1) is 15.0. The summed E-state index contributed by atoms with van der Waals surface area (Å²) in [4.78, 5) is 24.8. The van der Waals surface area contributed by atoms with Crippen LogP contribution in [0.25, 0.3) is 0 Å². The second kappa shape index (κ2) is 6.88. The van der Waals surface area contributed by atoms with Crippen LogP contribution in [-0.2, 0) is 17.6 Å². The Kier molecular flexibility index (Phi) is 5.17. The number of nitrogens with one attached hydrogen (secondary N) is 1. The molecule has 0 aliphatic heterocycles. The Morgan fingerprint density at radius 3 is 3.00 bits per heavy atom. The van der Waals surface area contributed by atoms with Crippen molar-refractivity contribution >= 4 is 23.2 Å². The molecular formula is C15H22N2O2S. The molecule has 1 aliphatic carbocycles. The average Bonchev–Trinajstić information content (AvgIpc) is 2.85. The second-order valence-electron chi connectivity index (χ2n) is 5.40. The smallest absolute Gasteiger partial charge is 0.261 e. The van der Waals surface area contributed by atoms with E-state index in [4.69, 9.17) is 5.73 Å². The van der Waals surface area contributed by atoms with E-state index < -0.39 is 0 Å². The Morgan fingerprint density at radius 1 is 1.50 bits per heavy atom. The molecule has 2 rings (SSSR count). The van der Waals surface area contributed by atoms with E-state index in [9.17, 15) is 9.59 Å². The third-order valence-corrected chi connectivity index (χ3v) is 5.11. The predicted molar refractivity (Wildman–Crippen MR) is 80.9 cm³/mol. The topological polar surface area (TPSA) is 72.2 Å². The molecule has 1 aromatic heterocycles. The zero-order valence-electron chi connectivity index (χ0n) is 11.9. The molecule has 3 N–H and O–H groups in total. The molecule has 0 aromatic carbocycles. The lowest BCUT2D eigenvalue weighted by molar-refractivity contribution is -0.118. The Bertz CT molecular complexity index is 496. The van der Waals surface area contributed by atoms with Gasteiger partial charge in [0, 0.05) is 17.8 Å². The fourth-order valence-electron chi connectivity index (χ4n) is 2.61. The lowest BCUT2D eigenvalue weighted by atomic mass is 9.87. The average molecular weight is 294 g/mol. The molecule has 2 amide bonds. The molecule has 0 radical (unpaired) electrons. The largest absolute Gasteiger partial charge is 0.370 e. The molecule has 0 saturated heterocycles. The van der Waals surface area contributed by atoms with Crippen LogP contribution in [0.2, 0.25) is 0 Å². The van der Waals surface area contributed by atoms with Gasteiger partial charge in [-0.05, 0) is 43.2 Å². The molecule has 4 nitrogen and oxygen atoms in total. The van der Waals surface area contributed by atoms with Gasteiger partial charge in [-0.2, -0.15) is 0 Å². The first-order valence-corrected chi connectivity index (χ1v) is 8.10. The number of primary amides is 1. The quantitative estimate of drug-likeness (QED) is 0.790. The fraction of sp³-hybridized carbons (Fsp3) is 0.600. The number of carbonyl (C=O) groups excluding carboxylic acids is 2. The first-order chi connectivity index (χ1) is 9.60. The van der Waals surface area contributed by atoms with Crippen LogP contribution in [0.15, 0.2) is 6.07 Å². The predicted octanol–water partition coefficient (Wildman–Crippen LogP) is 2.26. The highest BCUT2D eigenvalue weighted by Gasteiger charge is 2.21. The summed E-state index contributed by atoms with van der Waals surface area (Å²) in [5.41, 5.74) is 6.42. The van der Waals surface area contributed by atoms with Crippen molar-refractivity contribution in [3.63, 3.8) is 0 Å². The molecule has 0 saturated carbocycles. The zero-order chi connectivity index (χ0) is 14.5. The van der Waals surface area contributed by atoms with Gasteiger partial charge in [-0.1, -0.05) is 13.3 Å². The maximum atomic E-state index is 12.0. The monoisotopic (exact) mass is 294 g/mol. The number of carbonyl (C=O) groups is 2. The first-order valence-electron chi connectivity index (χ1n) is 7.28. The molecule has 20 heavy (non-hydrogen) atoms. The number of hydrogen-bond acceptors (Lipinski definition) is 3. The van der Waals surface area contributed by atoms with Crippen LogP contribution in [0, 0.1) is 5.92 Å². The summed E-state index contributed by atoms with van der Waals surface area (Å²) in [6.45, 7) is 2.73. The lowest BCUT2D eigenvalue weighted by Gasteiger charge is -2.19. The van der Waals surface area contributed by atoms with Crippen LogP contribution in [0.5, 0.6) is 0 Å². The van der Waals surface area contributed by atoms with E-state index in [0.29, 0.717) is 19.4 Å². The van der Waals surface area contributed by atoms with Gasteiger partial charge < -0.3 is 11.1 Å². The molecule has 0 bridgehead atoms. The minimum atomic E-state index is -0.323. The molecule has 1 heterocycles. The van der Waals surface area contributed by atoms with Crippen molar-refractivity contribution in [2.24, 2.45) is 11.7 Å². The van der Waals surface area contributed by atoms with Gasteiger partial charge in [0.2, 0.25) is 5.91 Å². The Balaban J connectivity index is 1.88. The normalized spacial score (nSPS) is 17.6. The minimum Gasteiger partial charge on any atom is -0.370 e. The molecule has 1 aromatic rings. The number of nitrogens with two attached hydrogens (primary N) is 1. The fourth-order valence-corrected chi connectivity index (χ4v) is 3.74. The summed E-state index contributed by atoms with van der Waals surface area (Å²) in [7, 11) is 0. The van der Waals surface area contributed by atoms with E-state index in [1.807, 2.05) is 6.07 Å². The van der Waals surface area contributed by atoms with E-state index in [1.54, 1.807) is 11.3 Å². The number of thiophene rings is 1. The zero-order valence-corrected chi connectivity index (χ0v) is 12.7.